The molecule has 0 bridgehead atoms. The van der Waals surface area contributed by atoms with Gasteiger partial charge in [0, 0.05) is 17.5 Å². The highest BCUT2D eigenvalue weighted by atomic mass is 32.2. The molecule has 174 valence electrons. The molecule has 1 aromatic carbocycles. The van der Waals surface area contributed by atoms with Crippen LogP contribution in [-0.2, 0) is 10.0 Å². The van der Waals surface area contributed by atoms with Crippen molar-refractivity contribution >= 4 is 39.2 Å². The van der Waals surface area contributed by atoms with Gasteiger partial charge in [0.25, 0.3) is 10.0 Å². The predicted molar refractivity (Wildman–Crippen MR) is 124 cm³/mol. The first-order valence-electron chi connectivity index (χ1n) is 10.2. The summed E-state index contributed by atoms with van der Waals surface area (Å²) in [6, 6.07) is 8.72. The third-order valence-electron chi connectivity index (χ3n) is 5.33. The summed E-state index contributed by atoms with van der Waals surface area (Å²) in [5.41, 5.74) is 5.66. The van der Waals surface area contributed by atoms with Crippen molar-refractivity contribution < 1.29 is 23.1 Å². The van der Waals surface area contributed by atoms with Gasteiger partial charge in [0.1, 0.15) is 0 Å². The number of primary amides is 1. The van der Waals surface area contributed by atoms with Crippen LogP contribution in [0.2, 0.25) is 0 Å². The van der Waals surface area contributed by atoms with E-state index in [1.807, 2.05) is 51.1 Å². The lowest BCUT2D eigenvalue weighted by Crippen LogP contribution is -2.61. The second kappa shape index (κ2) is 9.08. The molecule has 0 radical (unpaired) electrons. The molecular formula is C21H28N4O5S2. The largest absolute Gasteiger partial charge is 0.465 e. The maximum absolute atomic E-state index is 13.4. The minimum Gasteiger partial charge on any atom is -0.465 e. The van der Waals surface area contributed by atoms with E-state index in [0.29, 0.717) is 24.3 Å². The van der Waals surface area contributed by atoms with E-state index in [1.54, 1.807) is 6.07 Å². The fourth-order valence-electron chi connectivity index (χ4n) is 4.20. The Bertz CT molecular complexity index is 1090. The van der Waals surface area contributed by atoms with E-state index in [1.165, 1.54) is 4.90 Å². The molecule has 0 saturated carbocycles. The maximum atomic E-state index is 13.4. The number of urea groups is 1. The summed E-state index contributed by atoms with van der Waals surface area (Å²) in [6.07, 6.45) is -0.0362. The molecule has 1 saturated heterocycles. The molecule has 3 amide bonds. The average molecular weight is 481 g/mol. The number of hydrogen-bond donors (Lipinski definition) is 4. The van der Waals surface area contributed by atoms with Crippen LogP contribution in [0.3, 0.4) is 0 Å². The molecule has 1 aliphatic rings. The molecule has 2 heterocycles. The zero-order chi connectivity index (χ0) is 23.7. The second-order valence-corrected chi connectivity index (χ2v) is 11.8. The summed E-state index contributed by atoms with van der Waals surface area (Å²) in [6.45, 7) is 6.01. The van der Waals surface area contributed by atoms with Crippen LogP contribution in [0, 0.1) is 5.41 Å². The van der Waals surface area contributed by atoms with Crippen LogP contribution in [0.1, 0.15) is 33.6 Å². The van der Waals surface area contributed by atoms with Gasteiger partial charge in [-0.2, -0.15) is 0 Å². The van der Waals surface area contributed by atoms with Crippen molar-refractivity contribution in [2.75, 3.05) is 11.9 Å². The zero-order valence-electron chi connectivity index (χ0n) is 18.2. The molecule has 2 unspecified atom stereocenters. The van der Waals surface area contributed by atoms with E-state index >= 15 is 0 Å². The summed E-state index contributed by atoms with van der Waals surface area (Å²) in [7, 11) is -4.09. The molecule has 1 aromatic heterocycles. The van der Waals surface area contributed by atoms with Gasteiger partial charge in [-0.3, -0.25) is 0 Å². The summed E-state index contributed by atoms with van der Waals surface area (Å²) in [5.74, 6) is 0. The Morgan fingerprint density at radius 3 is 2.44 bits per heavy atom. The molecule has 3 rings (SSSR count). The van der Waals surface area contributed by atoms with Crippen molar-refractivity contribution in [3.63, 3.8) is 0 Å². The highest BCUT2D eigenvalue weighted by Crippen LogP contribution is 2.39. The second-order valence-electron chi connectivity index (χ2n) is 8.82. The van der Waals surface area contributed by atoms with Crippen molar-refractivity contribution in [3.8, 4) is 10.4 Å². The van der Waals surface area contributed by atoms with E-state index in [4.69, 9.17) is 5.73 Å². The van der Waals surface area contributed by atoms with E-state index < -0.39 is 39.6 Å². The Morgan fingerprint density at radius 2 is 1.88 bits per heavy atom. The Kier molecular flexibility index (Phi) is 6.82. The van der Waals surface area contributed by atoms with Gasteiger partial charge in [-0.1, -0.05) is 51.1 Å². The summed E-state index contributed by atoms with van der Waals surface area (Å²) >= 11 is 1.02. The summed E-state index contributed by atoms with van der Waals surface area (Å²) in [4.78, 5) is 25.3. The number of carbonyl (C=O) groups excluding carboxylic acids is 1. The summed E-state index contributed by atoms with van der Waals surface area (Å²) < 4.78 is 29.5. The smallest absolute Gasteiger partial charge is 0.407 e. The molecule has 0 aliphatic carbocycles. The lowest BCUT2D eigenvalue weighted by molar-refractivity contribution is 0.0434. The Morgan fingerprint density at radius 1 is 1.22 bits per heavy atom. The molecule has 9 nitrogen and oxygen atoms in total. The van der Waals surface area contributed by atoms with Crippen LogP contribution in [0.15, 0.2) is 40.6 Å². The van der Waals surface area contributed by atoms with Gasteiger partial charge in [-0.15, -0.1) is 11.3 Å². The lowest BCUT2D eigenvalue weighted by Gasteiger charge is -2.46. The van der Waals surface area contributed by atoms with Gasteiger partial charge in [-0.25, -0.2) is 22.7 Å². The van der Waals surface area contributed by atoms with Gasteiger partial charge >= 0.3 is 12.1 Å². The number of nitrogens with zero attached hydrogens (tertiary/aromatic N) is 1. The Balaban J connectivity index is 2.00. The number of nitrogens with two attached hydrogens (primary N) is 1. The van der Waals surface area contributed by atoms with Crippen molar-refractivity contribution in [2.45, 2.75) is 49.9 Å². The van der Waals surface area contributed by atoms with Crippen molar-refractivity contribution in [2.24, 2.45) is 11.1 Å². The van der Waals surface area contributed by atoms with Gasteiger partial charge in [-0.05, 0) is 29.9 Å². The van der Waals surface area contributed by atoms with Crippen LogP contribution in [0.4, 0.5) is 15.3 Å². The molecule has 32 heavy (non-hydrogen) atoms. The monoisotopic (exact) mass is 480 g/mol. The number of rotatable bonds is 5. The summed E-state index contributed by atoms with van der Waals surface area (Å²) in [5, 5.41) is 12.1. The SMILES string of the molecule is CC(C)(C)C1C(NS(=O)(=O)c2sc(-c3ccccc3)cc2NC(N)=O)CCCN1C(=O)O. The molecule has 11 heteroatoms. The Hall–Kier alpha value is -2.63. The highest BCUT2D eigenvalue weighted by Gasteiger charge is 2.43. The van der Waals surface area contributed by atoms with Crippen molar-refractivity contribution in [3.05, 3.63) is 36.4 Å². The Labute approximate surface area is 191 Å². The molecule has 0 spiro atoms. The van der Waals surface area contributed by atoms with E-state index in [0.717, 1.165) is 16.9 Å². The fourth-order valence-corrected chi connectivity index (χ4v) is 7.05. The number of benzene rings is 1. The topological polar surface area (TPSA) is 142 Å². The van der Waals surface area contributed by atoms with Gasteiger partial charge < -0.3 is 21.1 Å². The van der Waals surface area contributed by atoms with E-state index in [2.05, 4.69) is 10.0 Å². The first-order chi connectivity index (χ1) is 14.9. The van der Waals surface area contributed by atoms with E-state index in [9.17, 15) is 23.1 Å². The molecular weight excluding hydrogens is 452 g/mol. The standard InChI is InChI=1S/C21H28N4O5S2/c1-21(2,3)17-14(10-7-11-25(17)20(27)28)24-32(29,30)18-15(23-19(22)26)12-16(31-18)13-8-5-4-6-9-13/h4-6,8-9,12,14,17,24H,7,10-11H2,1-3H3,(H,27,28)(H3,22,23,26). The average Bonchev–Trinajstić information content (AvgIpc) is 3.11. The van der Waals surface area contributed by atoms with Crippen molar-refractivity contribution in [1.29, 1.82) is 0 Å². The number of piperidine rings is 1. The van der Waals surface area contributed by atoms with E-state index in [-0.39, 0.29) is 9.90 Å². The molecule has 2 aromatic rings. The highest BCUT2D eigenvalue weighted by molar-refractivity contribution is 7.91. The molecule has 1 fully saturated rings. The van der Waals surface area contributed by atoms with Gasteiger partial charge in [0.05, 0.1) is 11.7 Å². The number of carboxylic acid groups (broad SMARTS) is 1. The maximum Gasteiger partial charge on any atom is 0.407 e. The zero-order valence-corrected chi connectivity index (χ0v) is 19.8. The number of carbonyl (C=O) groups is 2. The fraction of sp³-hybridized carbons (Fsp3) is 0.429. The normalized spacial score (nSPS) is 19.5. The minimum atomic E-state index is -4.09. The van der Waals surface area contributed by atoms with Crippen LogP contribution < -0.4 is 15.8 Å². The van der Waals surface area contributed by atoms with Crippen LogP contribution >= 0.6 is 11.3 Å². The first kappa shape index (κ1) is 24.0. The van der Waals surface area contributed by atoms with Crippen LogP contribution in [0.25, 0.3) is 10.4 Å². The number of likely N-dealkylation sites (tertiary alicyclic amines) is 1. The number of thiophene rings is 1. The number of hydrogen-bond acceptors (Lipinski definition) is 5. The van der Waals surface area contributed by atoms with Gasteiger partial charge in [0.2, 0.25) is 0 Å². The van der Waals surface area contributed by atoms with Crippen LogP contribution in [0.5, 0.6) is 0 Å². The van der Waals surface area contributed by atoms with Crippen LogP contribution in [-0.4, -0.2) is 49.2 Å². The van der Waals surface area contributed by atoms with Crippen molar-refractivity contribution in [1.82, 2.24) is 9.62 Å². The predicted octanol–water partition coefficient (Wildman–Crippen LogP) is 3.74. The number of nitrogens with one attached hydrogen (secondary N) is 2. The third-order valence-corrected chi connectivity index (χ3v) is 8.54. The lowest BCUT2D eigenvalue weighted by atomic mass is 9.78. The first-order valence-corrected chi connectivity index (χ1v) is 12.5. The molecule has 1 aliphatic heterocycles. The third kappa shape index (κ3) is 5.22. The molecule has 2 atom stereocenters. The number of anilines is 1. The number of amides is 3. The quantitative estimate of drug-likeness (QED) is 0.516. The number of sulfonamides is 1. The molecule has 5 N–H and O–H groups in total. The minimum absolute atomic E-state index is 0.0738. The van der Waals surface area contributed by atoms with Gasteiger partial charge in [0.15, 0.2) is 4.21 Å².